The van der Waals surface area contributed by atoms with Crippen LogP contribution in [0.4, 0.5) is 0 Å². The highest BCUT2D eigenvalue weighted by Crippen LogP contribution is 2.44. The monoisotopic (exact) mass is 226 g/mol. The molecule has 0 aromatic heterocycles. The number of phenols is 2. The van der Waals surface area contributed by atoms with Gasteiger partial charge in [-0.2, -0.15) is 0 Å². The standard InChI is InChI=1S/C15H14O2/c1-9-5-4-8-12-13(9)15(17)11-7-3-2-6-10(11)14(12)16/h2-7,9,16-17H,8H2,1H3. The molecule has 1 aliphatic carbocycles. The number of phenolic OH excluding ortho intramolecular Hbond substituents is 2. The first-order valence-corrected chi connectivity index (χ1v) is 5.82. The Morgan fingerprint density at radius 2 is 1.71 bits per heavy atom. The maximum Gasteiger partial charge on any atom is 0.127 e. The molecule has 2 aromatic rings. The molecular formula is C15H14O2. The highest BCUT2D eigenvalue weighted by Gasteiger charge is 2.22. The third kappa shape index (κ3) is 1.34. The molecule has 0 fully saturated rings. The zero-order valence-electron chi connectivity index (χ0n) is 9.64. The second-order valence-corrected chi connectivity index (χ2v) is 4.56. The van der Waals surface area contributed by atoms with Crippen molar-refractivity contribution in [1.29, 1.82) is 0 Å². The molecule has 0 aliphatic heterocycles. The van der Waals surface area contributed by atoms with Crippen LogP contribution in [-0.2, 0) is 6.42 Å². The topological polar surface area (TPSA) is 40.5 Å². The fourth-order valence-corrected chi connectivity index (χ4v) is 2.66. The van der Waals surface area contributed by atoms with Crippen LogP contribution in [0.3, 0.4) is 0 Å². The SMILES string of the molecule is CC1C=CCc2c1c(O)c1ccccc1c2O. The Balaban J connectivity index is 2.47. The van der Waals surface area contributed by atoms with Gasteiger partial charge in [0.05, 0.1) is 0 Å². The minimum atomic E-state index is 0.147. The highest BCUT2D eigenvalue weighted by atomic mass is 16.3. The van der Waals surface area contributed by atoms with Crippen molar-refractivity contribution in [1.82, 2.24) is 0 Å². The minimum Gasteiger partial charge on any atom is -0.507 e. The van der Waals surface area contributed by atoms with Gasteiger partial charge >= 0.3 is 0 Å². The lowest BCUT2D eigenvalue weighted by molar-refractivity contribution is 0.456. The van der Waals surface area contributed by atoms with E-state index in [0.717, 1.165) is 21.9 Å². The molecule has 2 heteroatoms. The lowest BCUT2D eigenvalue weighted by Crippen LogP contribution is -2.03. The van der Waals surface area contributed by atoms with Crippen molar-refractivity contribution < 1.29 is 10.2 Å². The first-order valence-electron chi connectivity index (χ1n) is 5.82. The second kappa shape index (κ2) is 3.52. The Morgan fingerprint density at radius 3 is 2.41 bits per heavy atom. The van der Waals surface area contributed by atoms with Crippen molar-refractivity contribution in [2.75, 3.05) is 0 Å². The number of benzene rings is 2. The van der Waals surface area contributed by atoms with Crippen LogP contribution in [0.15, 0.2) is 36.4 Å². The van der Waals surface area contributed by atoms with Crippen LogP contribution in [0.1, 0.15) is 24.0 Å². The molecule has 2 aromatic carbocycles. The van der Waals surface area contributed by atoms with E-state index >= 15 is 0 Å². The van der Waals surface area contributed by atoms with Gasteiger partial charge in [0, 0.05) is 27.8 Å². The summed E-state index contributed by atoms with van der Waals surface area (Å²) in [6, 6.07) is 7.43. The van der Waals surface area contributed by atoms with Crippen LogP contribution in [0.25, 0.3) is 10.8 Å². The highest BCUT2D eigenvalue weighted by molar-refractivity contribution is 5.96. The molecule has 0 radical (unpaired) electrons. The van der Waals surface area contributed by atoms with E-state index in [0.29, 0.717) is 17.9 Å². The van der Waals surface area contributed by atoms with Crippen molar-refractivity contribution in [2.24, 2.45) is 0 Å². The van der Waals surface area contributed by atoms with Crippen LogP contribution >= 0.6 is 0 Å². The molecule has 0 heterocycles. The van der Waals surface area contributed by atoms with E-state index in [9.17, 15) is 10.2 Å². The van der Waals surface area contributed by atoms with Crippen molar-refractivity contribution in [3.8, 4) is 11.5 Å². The minimum absolute atomic E-state index is 0.147. The predicted molar refractivity (Wildman–Crippen MR) is 68.5 cm³/mol. The normalized spacial score (nSPS) is 18.3. The molecule has 1 atom stereocenters. The zero-order valence-corrected chi connectivity index (χ0v) is 9.64. The van der Waals surface area contributed by atoms with Crippen molar-refractivity contribution in [3.05, 3.63) is 47.5 Å². The summed E-state index contributed by atoms with van der Waals surface area (Å²) < 4.78 is 0. The Morgan fingerprint density at radius 1 is 1.06 bits per heavy atom. The molecule has 0 amide bonds. The quantitative estimate of drug-likeness (QED) is 0.533. The summed E-state index contributed by atoms with van der Waals surface area (Å²) >= 11 is 0. The Labute approximate surface area is 99.8 Å². The summed E-state index contributed by atoms with van der Waals surface area (Å²) in [7, 11) is 0. The summed E-state index contributed by atoms with van der Waals surface area (Å²) in [5, 5.41) is 22.1. The smallest absolute Gasteiger partial charge is 0.127 e. The maximum atomic E-state index is 10.3. The van der Waals surface area contributed by atoms with E-state index in [-0.39, 0.29) is 5.92 Å². The number of fused-ring (bicyclic) bond motifs is 2. The first kappa shape index (κ1) is 10.2. The third-order valence-corrected chi connectivity index (χ3v) is 3.51. The van der Waals surface area contributed by atoms with Crippen molar-refractivity contribution in [2.45, 2.75) is 19.3 Å². The third-order valence-electron chi connectivity index (χ3n) is 3.51. The number of rotatable bonds is 0. The van der Waals surface area contributed by atoms with Gasteiger partial charge in [-0.25, -0.2) is 0 Å². The summed E-state index contributed by atoms with van der Waals surface area (Å²) in [5.74, 6) is 0.768. The molecule has 2 N–H and O–H groups in total. The molecule has 2 nitrogen and oxygen atoms in total. The van der Waals surface area contributed by atoms with Gasteiger partial charge in [0.15, 0.2) is 0 Å². The summed E-state index contributed by atoms with van der Waals surface area (Å²) in [6.45, 7) is 2.03. The summed E-state index contributed by atoms with van der Waals surface area (Å²) in [6.07, 6.45) is 4.79. The lowest BCUT2D eigenvalue weighted by atomic mass is 9.85. The Hall–Kier alpha value is -1.96. The number of hydrogen-bond donors (Lipinski definition) is 2. The Bertz CT molecular complexity index is 626. The molecule has 3 rings (SSSR count). The molecule has 0 saturated carbocycles. The number of allylic oxidation sites excluding steroid dienone is 2. The summed E-state index contributed by atoms with van der Waals surface area (Å²) in [4.78, 5) is 0. The van der Waals surface area contributed by atoms with E-state index in [1.807, 2.05) is 37.3 Å². The average molecular weight is 226 g/mol. The van der Waals surface area contributed by atoms with Crippen LogP contribution < -0.4 is 0 Å². The van der Waals surface area contributed by atoms with E-state index < -0.39 is 0 Å². The number of hydrogen-bond acceptors (Lipinski definition) is 2. The molecule has 1 unspecified atom stereocenters. The van der Waals surface area contributed by atoms with Gasteiger partial charge in [0.1, 0.15) is 11.5 Å². The largest absolute Gasteiger partial charge is 0.507 e. The van der Waals surface area contributed by atoms with E-state index in [2.05, 4.69) is 6.08 Å². The van der Waals surface area contributed by atoms with Crippen molar-refractivity contribution >= 4 is 10.8 Å². The van der Waals surface area contributed by atoms with Crippen LogP contribution in [-0.4, -0.2) is 10.2 Å². The fraction of sp³-hybridized carbons (Fsp3) is 0.200. The van der Waals surface area contributed by atoms with Gasteiger partial charge in [-0.05, 0) is 6.42 Å². The average Bonchev–Trinajstić information content (AvgIpc) is 2.36. The molecule has 1 aliphatic rings. The van der Waals surface area contributed by atoms with Gasteiger partial charge in [0.2, 0.25) is 0 Å². The van der Waals surface area contributed by atoms with Crippen LogP contribution in [0, 0.1) is 0 Å². The van der Waals surface area contributed by atoms with E-state index in [1.165, 1.54) is 0 Å². The molecule has 17 heavy (non-hydrogen) atoms. The molecule has 0 spiro atoms. The van der Waals surface area contributed by atoms with Gasteiger partial charge in [-0.1, -0.05) is 43.3 Å². The lowest BCUT2D eigenvalue weighted by Gasteiger charge is -2.21. The van der Waals surface area contributed by atoms with Gasteiger partial charge < -0.3 is 10.2 Å². The van der Waals surface area contributed by atoms with Gasteiger partial charge in [-0.15, -0.1) is 0 Å². The molecular weight excluding hydrogens is 212 g/mol. The molecule has 86 valence electrons. The zero-order chi connectivity index (χ0) is 12.0. The first-order chi connectivity index (χ1) is 8.20. The molecule has 0 bridgehead atoms. The van der Waals surface area contributed by atoms with Gasteiger partial charge in [0.25, 0.3) is 0 Å². The van der Waals surface area contributed by atoms with Crippen LogP contribution in [0.5, 0.6) is 11.5 Å². The Kier molecular flexibility index (Phi) is 2.11. The second-order valence-electron chi connectivity index (χ2n) is 4.56. The predicted octanol–water partition coefficient (Wildman–Crippen LogP) is 3.47. The van der Waals surface area contributed by atoms with Crippen molar-refractivity contribution in [3.63, 3.8) is 0 Å². The summed E-state index contributed by atoms with van der Waals surface area (Å²) in [5.41, 5.74) is 1.72. The van der Waals surface area contributed by atoms with Crippen LogP contribution in [0.2, 0.25) is 0 Å². The van der Waals surface area contributed by atoms with Gasteiger partial charge in [-0.3, -0.25) is 0 Å². The van der Waals surface area contributed by atoms with E-state index in [1.54, 1.807) is 0 Å². The fourth-order valence-electron chi connectivity index (χ4n) is 2.66. The molecule has 0 saturated heterocycles. The maximum absolute atomic E-state index is 10.3. The number of aromatic hydroxyl groups is 2. The van der Waals surface area contributed by atoms with E-state index in [4.69, 9.17) is 0 Å².